The molecule has 2 aromatic rings. The highest BCUT2D eigenvalue weighted by atomic mass is 32.2. The van der Waals surface area contributed by atoms with Gasteiger partial charge in [0.15, 0.2) is 11.5 Å². The minimum atomic E-state index is -4.66. The minimum absolute atomic E-state index is 0.145. The zero-order valence-electron chi connectivity index (χ0n) is 14.9. The van der Waals surface area contributed by atoms with Crippen LogP contribution < -0.4 is 16.2 Å². The van der Waals surface area contributed by atoms with E-state index in [-0.39, 0.29) is 16.7 Å². The van der Waals surface area contributed by atoms with Crippen LogP contribution in [0.5, 0.6) is 0 Å². The third-order valence-corrected chi connectivity index (χ3v) is 4.21. The van der Waals surface area contributed by atoms with Crippen molar-refractivity contribution in [1.29, 1.82) is 0 Å². The maximum atomic E-state index is 13.1. The Balaban J connectivity index is 2.14. The second kappa shape index (κ2) is 8.58. The number of nitrogens with zero attached hydrogens (tertiary/aromatic N) is 3. The van der Waals surface area contributed by atoms with Crippen LogP contribution in [0, 0.1) is 0 Å². The van der Waals surface area contributed by atoms with Crippen LogP contribution in [0.3, 0.4) is 0 Å². The lowest BCUT2D eigenvalue weighted by Gasteiger charge is -2.15. The van der Waals surface area contributed by atoms with E-state index in [1.54, 1.807) is 0 Å². The molecule has 0 bridgehead atoms. The van der Waals surface area contributed by atoms with Gasteiger partial charge in [-0.1, -0.05) is 0 Å². The second-order valence-electron chi connectivity index (χ2n) is 5.94. The summed E-state index contributed by atoms with van der Waals surface area (Å²) in [4.78, 5) is 8.96. The molecule has 0 atom stereocenters. The number of hydrogen-bond acceptors (Lipinski definition) is 8. The molecular weight excluding hydrogens is 401 g/mol. The molecule has 28 heavy (non-hydrogen) atoms. The number of halogens is 3. The molecule has 0 aliphatic heterocycles. The first-order valence-electron chi connectivity index (χ1n) is 7.89. The average molecular weight is 420 g/mol. The summed E-state index contributed by atoms with van der Waals surface area (Å²) in [6.07, 6.45) is -4.66. The maximum Gasteiger partial charge on any atom is 0.433 e. The normalized spacial score (nSPS) is 12.1. The zero-order valence-corrected chi connectivity index (χ0v) is 15.8. The summed E-state index contributed by atoms with van der Waals surface area (Å²) >= 11 is 0. The molecule has 2 rings (SSSR count). The summed E-state index contributed by atoms with van der Waals surface area (Å²) in [6, 6.07) is 5.64. The molecule has 1 heterocycles. The summed E-state index contributed by atoms with van der Waals surface area (Å²) in [5.41, 5.74) is 4.32. The van der Waals surface area contributed by atoms with Crippen LogP contribution in [-0.4, -0.2) is 55.0 Å². The Morgan fingerprint density at radius 2 is 1.75 bits per heavy atom. The first kappa shape index (κ1) is 21.7. The van der Waals surface area contributed by atoms with Crippen LogP contribution in [0.15, 0.2) is 35.2 Å². The lowest BCUT2D eigenvalue weighted by atomic mass is 10.3. The van der Waals surface area contributed by atoms with Gasteiger partial charge in [-0.3, -0.25) is 15.4 Å². The van der Waals surface area contributed by atoms with Crippen LogP contribution in [0.4, 0.5) is 30.6 Å². The third kappa shape index (κ3) is 6.51. The van der Waals surface area contributed by atoms with E-state index >= 15 is 0 Å². The highest BCUT2D eigenvalue weighted by Crippen LogP contribution is 2.29. The van der Waals surface area contributed by atoms with Gasteiger partial charge < -0.3 is 10.2 Å². The maximum absolute atomic E-state index is 13.1. The minimum Gasteiger partial charge on any atom is -0.353 e. The molecule has 0 spiro atoms. The zero-order chi connectivity index (χ0) is 20.9. The summed E-state index contributed by atoms with van der Waals surface area (Å²) < 4.78 is 70.1. The highest BCUT2D eigenvalue weighted by molar-refractivity contribution is 7.85. The first-order chi connectivity index (χ1) is 12.9. The van der Waals surface area contributed by atoms with Crippen LogP contribution in [0.2, 0.25) is 0 Å². The molecule has 1 aromatic carbocycles. The number of likely N-dealkylation sites (N-methyl/N-ethyl adjacent to an activating group) is 1. The number of alkyl halides is 3. The van der Waals surface area contributed by atoms with E-state index in [1.165, 1.54) is 12.1 Å². The van der Waals surface area contributed by atoms with Gasteiger partial charge in [0, 0.05) is 19.2 Å². The number of hydrazine groups is 1. The Morgan fingerprint density at radius 1 is 1.11 bits per heavy atom. The fourth-order valence-electron chi connectivity index (χ4n) is 1.97. The molecule has 13 heteroatoms. The fraction of sp³-hybridized carbons (Fsp3) is 0.333. The Morgan fingerprint density at radius 3 is 2.29 bits per heavy atom. The number of rotatable bonds is 8. The molecule has 0 radical (unpaired) electrons. The van der Waals surface area contributed by atoms with Crippen molar-refractivity contribution in [3.05, 3.63) is 36.0 Å². The Bertz CT molecular complexity index is 904. The van der Waals surface area contributed by atoms with Crippen molar-refractivity contribution in [2.75, 3.05) is 43.4 Å². The van der Waals surface area contributed by atoms with Crippen molar-refractivity contribution in [3.8, 4) is 0 Å². The Hall–Kier alpha value is -2.64. The summed E-state index contributed by atoms with van der Waals surface area (Å²) in [5.74, 6) is -0.337. The molecule has 1 aromatic heterocycles. The molecule has 9 nitrogen and oxygen atoms in total. The van der Waals surface area contributed by atoms with Gasteiger partial charge in [0.25, 0.3) is 10.1 Å². The van der Waals surface area contributed by atoms with E-state index in [4.69, 9.17) is 4.55 Å². The van der Waals surface area contributed by atoms with E-state index in [0.717, 1.165) is 18.2 Å². The van der Waals surface area contributed by atoms with Crippen molar-refractivity contribution in [3.63, 3.8) is 0 Å². The molecule has 0 aliphatic carbocycles. The van der Waals surface area contributed by atoms with Crippen molar-refractivity contribution in [1.82, 2.24) is 14.9 Å². The van der Waals surface area contributed by atoms with Crippen molar-refractivity contribution in [2.45, 2.75) is 11.1 Å². The standard InChI is InChI=1S/C15H19F3N6O3S/c1-24(2)8-7-19-14-20-12(15(16,17)18)9-13(21-14)23-22-10-3-5-11(6-4-10)28(25,26)27/h3-6,9,22H,7-8H2,1-2H3,(H,25,26,27)(H2,19,20,21,23). The van der Waals surface area contributed by atoms with Gasteiger partial charge in [0.2, 0.25) is 5.95 Å². The Kier molecular flexibility index (Phi) is 6.64. The molecule has 0 aliphatic rings. The quantitative estimate of drug-likeness (QED) is 0.376. The molecule has 4 N–H and O–H groups in total. The van der Waals surface area contributed by atoms with Gasteiger partial charge in [-0.05, 0) is 38.4 Å². The van der Waals surface area contributed by atoms with Gasteiger partial charge in [0.05, 0.1) is 10.6 Å². The molecular formula is C15H19F3N6O3S. The summed E-state index contributed by atoms with van der Waals surface area (Å²) in [5, 5.41) is 2.73. The van der Waals surface area contributed by atoms with Crippen LogP contribution in [-0.2, 0) is 16.3 Å². The fourth-order valence-corrected chi connectivity index (χ4v) is 2.45. The molecule has 154 valence electrons. The molecule has 0 saturated carbocycles. The SMILES string of the molecule is CN(C)CCNc1nc(NNc2ccc(S(=O)(=O)O)cc2)cc(C(F)(F)F)n1. The first-order valence-corrected chi connectivity index (χ1v) is 9.33. The molecule has 0 amide bonds. The van der Waals surface area contributed by atoms with Crippen LogP contribution in [0.1, 0.15) is 5.69 Å². The predicted octanol–water partition coefficient (Wildman–Crippen LogP) is 2.15. The molecule has 0 saturated heterocycles. The molecule has 0 fully saturated rings. The predicted molar refractivity (Wildman–Crippen MR) is 97.6 cm³/mol. The van der Waals surface area contributed by atoms with E-state index in [0.29, 0.717) is 18.8 Å². The topological polar surface area (TPSA) is 119 Å². The summed E-state index contributed by atoms with van der Waals surface area (Å²) in [6.45, 7) is 0.916. The van der Waals surface area contributed by atoms with Gasteiger partial charge in [-0.25, -0.2) is 4.98 Å². The molecule has 0 unspecified atom stereocenters. The highest BCUT2D eigenvalue weighted by Gasteiger charge is 2.33. The number of aromatic nitrogens is 2. The van der Waals surface area contributed by atoms with Gasteiger partial charge in [0.1, 0.15) is 0 Å². The average Bonchev–Trinajstić information content (AvgIpc) is 2.58. The van der Waals surface area contributed by atoms with Gasteiger partial charge in [-0.2, -0.15) is 26.6 Å². The van der Waals surface area contributed by atoms with Crippen LogP contribution in [0.25, 0.3) is 0 Å². The monoisotopic (exact) mass is 420 g/mol. The smallest absolute Gasteiger partial charge is 0.353 e. The van der Waals surface area contributed by atoms with Crippen molar-refractivity contribution >= 4 is 27.6 Å². The number of nitrogens with one attached hydrogen (secondary N) is 3. The number of benzene rings is 1. The van der Waals surface area contributed by atoms with Crippen molar-refractivity contribution in [2.24, 2.45) is 0 Å². The largest absolute Gasteiger partial charge is 0.433 e. The van der Waals surface area contributed by atoms with E-state index in [2.05, 4.69) is 26.1 Å². The lowest BCUT2D eigenvalue weighted by molar-refractivity contribution is -0.141. The van der Waals surface area contributed by atoms with Crippen LogP contribution >= 0.6 is 0 Å². The third-order valence-electron chi connectivity index (χ3n) is 3.35. The second-order valence-corrected chi connectivity index (χ2v) is 7.36. The van der Waals surface area contributed by atoms with Gasteiger partial charge >= 0.3 is 6.18 Å². The van der Waals surface area contributed by atoms with Crippen molar-refractivity contribution < 1.29 is 26.1 Å². The Labute approximate surface area is 159 Å². The van der Waals surface area contributed by atoms with E-state index in [1.807, 2.05) is 19.0 Å². The van der Waals surface area contributed by atoms with E-state index < -0.39 is 22.0 Å². The number of anilines is 3. The lowest BCUT2D eigenvalue weighted by Crippen LogP contribution is -2.22. The number of hydrogen-bond donors (Lipinski definition) is 4. The summed E-state index contributed by atoms with van der Waals surface area (Å²) in [7, 11) is -0.698. The van der Waals surface area contributed by atoms with E-state index in [9.17, 15) is 21.6 Å². The van der Waals surface area contributed by atoms with Gasteiger partial charge in [-0.15, -0.1) is 0 Å².